The van der Waals surface area contributed by atoms with Gasteiger partial charge in [0.1, 0.15) is 23.7 Å². The van der Waals surface area contributed by atoms with Gasteiger partial charge in [0.15, 0.2) is 0 Å². The van der Waals surface area contributed by atoms with E-state index in [4.69, 9.17) is 9.47 Å². The maximum atomic E-state index is 12.5. The summed E-state index contributed by atoms with van der Waals surface area (Å²) in [5.74, 6) is 1.02. The summed E-state index contributed by atoms with van der Waals surface area (Å²) < 4.78 is 11.9. The third-order valence-corrected chi connectivity index (χ3v) is 4.29. The number of rotatable bonds is 6. The zero-order valence-electron chi connectivity index (χ0n) is 15.5. The van der Waals surface area contributed by atoms with Crippen LogP contribution in [0.2, 0.25) is 0 Å². The highest BCUT2D eigenvalue weighted by molar-refractivity contribution is 5.80. The number of amides is 1. The number of carbonyl (C=O) groups excluding carboxylic acids is 1. The molecule has 0 atom stereocenters. The lowest BCUT2D eigenvalue weighted by Crippen LogP contribution is -2.33. The zero-order chi connectivity index (χ0) is 19.4. The molecule has 2 aromatic carbocycles. The van der Waals surface area contributed by atoms with Gasteiger partial charge in [-0.2, -0.15) is 0 Å². The Morgan fingerprint density at radius 2 is 1.93 bits per heavy atom. The Balaban J connectivity index is 1.79. The molecule has 0 radical (unpaired) electrons. The van der Waals surface area contributed by atoms with Crippen LogP contribution in [0.25, 0.3) is 11.0 Å². The van der Waals surface area contributed by atoms with Crippen molar-refractivity contribution in [1.29, 1.82) is 0 Å². The average Bonchev–Trinajstić information content (AvgIpc) is 2.69. The van der Waals surface area contributed by atoms with E-state index in [-0.39, 0.29) is 24.6 Å². The standard InChI is InChI=1S/C20H21N3O4/c1-13-20(25)23(17-7-5-4-6-16(17)22-13)12-19(24)21-11-14-8-9-15(26-2)10-18(14)27-3/h4-10H,11-12H2,1-3H3,(H,21,24). The Hall–Kier alpha value is -3.35. The fourth-order valence-corrected chi connectivity index (χ4v) is 2.87. The van der Waals surface area contributed by atoms with Crippen molar-refractivity contribution in [3.8, 4) is 11.5 Å². The second-order valence-corrected chi connectivity index (χ2v) is 6.03. The number of carbonyl (C=O) groups is 1. The van der Waals surface area contributed by atoms with E-state index in [0.717, 1.165) is 5.56 Å². The van der Waals surface area contributed by atoms with E-state index in [1.54, 1.807) is 39.3 Å². The summed E-state index contributed by atoms with van der Waals surface area (Å²) in [7, 11) is 3.14. The second kappa shape index (κ2) is 7.90. The van der Waals surface area contributed by atoms with Gasteiger partial charge in [-0.3, -0.25) is 14.2 Å². The van der Waals surface area contributed by atoms with Gasteiger partial charge in [-0.1, -0.05) is 12.1 Å². The maximum Gasteiger partial charge on any atom is 0.272 e. The van der Waals surface area contributed by atoms with Crippen LogP contribution in [0.5, 0.6) is 11.5 Å². The molecule has 0 saturated carbocycles. The number of para-hydroxylation sites is 2. The van der Waals surface area contributed by atoms with E-state index in [1.165, 1.54) is 4.57 Å². The molecule has 1 aromatic heterocycles. The monoisotopic (exact) mass is 367 g/mol. The molecule has 0 spiro atoms. The first-order valence-corrected chi connectivity index (χ1v) is 8.47. The minimum absolute atomic E-state index is 0.0822. The first-order chi connectivity index (χ1) is 13.0. The van der Waals surface area contributed by atoms with Crippen molar-refractivity contribution in [2.24, 2.45) is 0 Å². The van der Waals surface area contributed by atoms with Gasteiger partial charge in [-0.15, -0.1) is 0 Å². The summed E-state index contributed by atoms with van der Waals surface area (Å²) in [6, 6.07) is 12.6. The van der Waals surface area contributed by atoms with Crippen LogP contribution in [-0.4, -0.2) is 29.7 Å². The Kier molecular flexibility index (Phi) is 5.40. The summed E-state index contributed by atoms with van der Waals surface area (Å²) >= 11 is 0. The van der Waals surface area contributed by atoms with Gasteiger partial charge in [0, 0.05) is 18.2 Å². The summed E-state index contributed by atoms with van der Waals surface area (Å²) in [5.41, 5.74) is 2.21. The Labute approximate surface area is 156 Å². The van der Waals surface area contributed by atoms with Crippen molar-refractivity contribution in [2.75, 3.05) is 14.2 Å². The molecule has 7 heteroatoms. The van der Waals surface area contributed by atoms with Crippen LogP contribution < -0.4 is 20.3 Å². The van der Waals surface area contributed by atoms with Crippen molar-refractivity contribution in [2.45, 2.75) is 20.0 Å². The van der Waals surface area contributed by atoms with Crippen molar-refractivity contribution < 1.29 is 14.3 Å². The number of hydrogen-bond donors (Lipinski definition) is 1. The third-order valence-electron chi connectivity index (χ3n) is 4.29. The van der Waals surface area contributed by atoms with Gasteiger partial charge >= 0.3 is 0 Å². The number of fused-ring (bicyclic) bond motifs is 1. The average molecular weight is 367 g/mol. The molecule has 1 amide bonds. The predicted molar refractivity (Wildman–Crippen MR) is 102 cm³/mol. The van der Waals surface area contributed by atoms with Crippen molar-refractivity contribution >= 4 is 16.9 Å². The highest BCUT2D eigenvalue weighted by Gasteiger charge is 2.12. The number of methoxy groups -OCH3 is 2. The van der Waals surface area contributed by atoms with E-state index < -0.39 is 0 Å². The summed E-state index contributed by atoms with van der Waals surface area (Å²) in [6.45, 7) is 1.84. The Morgan fingerprint density at radius 3 is 2.67 bits per heavy atom. The van der Waals surface area contributed by atoms with Crippen LogP contribution in [0.4, 0.5) is 0 Å². The van der Waals surface area contributed by atoms with Gasteiger partial charge in [0.05, 0.1) is 25.3 Å². The summed E-state index contributed by atoms with van der Waals surface area (Å²) in [5, 5.41) is 2.83. The number of ether oxygens (including phenoxy) is 2. The normalized spacial score (nSPS) is 10.6. The number of hydrogen-bond acceptors (Lipinski definition) is 5. The highest BCUT2D eigenvalue weighted by atomic mass is 16.5. The number of nitrogens with zero attached hydrogens (tertiary/aromatic N) is 2. The van der Waals surface area contributed by atoms with Crippen LogP contribution in [0.3, 0.4) is 0 Å². The molecule has 0 aliphatic rings. The molecule has 3 rings (SSSR count). The van der Waals surface area contributed by atoms with Crippen molar-refractivity contribution in [3.05, 3.63) is 64.1 Å². The predicted octanol–water partition coefficient (Wildman–Crippen LogP) is 2.04. The first kappa shape index (κ1) is 18.4. The quantitative estimate of drug-likeness (QED) is 0.721. The molecular formula is C20H21N3O4. The van der Waals surface area contributed by atoms with E-state index >= 15 is 0 Å². The molecule has 3 aromatic rings. The number of benzene rings is 2. The zero-order valence-corrected chi connectivity index (χ0v) is 15.5. The lowest BCUT2D eigenvalue weighted by molar-refractivity contribution is -0.121. The van der Waals surface area contributed by atoms with Gasteiger partial charge in [0.2, 0.25) is 5.91 Å². The lowest BCUT2D eigenvalue weighted by atomic mass is 10.2. The lowest BCUT2D eigenvalue weighted by Gasteiger charge is -2.13. The fourth-order valence-electron chi connectivity index (χ4n) is 2.87. The van der Waals surface area contributed by atoms with Crippen LogP contribution in [0, 0.1) is 6.92 Å². The molecule has 0 fully saturated rings. The molecule has 0 unspecified atom stereocenters. The number of nitrogens with one attached hydrogen (secondary N) is 1. The molecular weight excluding hydrogens is 346 g/mol. The number of aromatic nitrogens is 2. The number of aryl methyl sites for hydroxylation is 1. The van der Waals surface area contributed by atoms with Crippen LogP contribution in [0.15, 0.2) is 47.3 Å². The largest absolute Gasteiger partial charge is 0.497 e. The van der Waals surface area contributed by atoms with Gasteiger partial charge in [0.25, 0.3) is 5.56 Å². The van der Waals surface area contributed by atoms with Gasteiger partial charge in [-0.25, -0.2) is 4.98 Å². The summed E-state index contributed by atoms with van der Waals surface area (Å²) in [4.78, 5) is 29.2. The minimum atomic E-state index is -0.272. The molecule has 0 bridgehead atoms. The van der Waals surface area contributed by atoms with E-state index in [9.17, 15) is 9.59 Å². The molecule has 1 N–H and O–H groups in total. The van der Waals surface area contributed by atoms with Crippen molar-refractivity contribution in [1.82, 2.24) is 14.9 Å². The molecule has 0 aliphatic heterocycles. The Morgan fingerprint density at radius 1 is 1.15 bits per heavy atom. The molecule has 0 saturated heterocycles. The van der Waals surface area contributed by atoms with Crippen LogP contribution >= 0.6 is 0 Å². The fraction of sp³-hybridized carbons (Fsp3) is 0.250. The van der Waals surface area contributed by atoms with Crippen LogP contribution in [-0.2, 0) is 17.9 Å². The second-order valence-electron chi connectivity index (χ2n) is 6.03. The van der Waals surface area contributed by atoms with E-state index in [0.29, 0.717) is 28.2 Å². The van der Waals surface area contributed by atoms with E-state index in [2.05, 4.69) is 10.3 Å². The molecule has 7 nitrogen and oxygen atoms in total. The maximum absolute atomic E-state index is 12.5. The SMILES string of the molecule is COc1ccc(CNC(=O)Cn2c(=O)c(C)nc3ccccc32)c(OC)c1. The molecule has 140 valence electrons. The molecule has 27 heavy (non-hydrogen) atoms. The highest BCUT2D eigenvalue weighted by Crippen LogP contribution is 2.24. The first-order valence-electron chi connectivity index (χ1n) is 8.47. The van der Waals surface area contributed by atoms with Crippen LogP contribution in [0.1, 0.15) is 11.3 Å². The van der Waals surface area contributed by atoms with Gasteiger partial charge < -0.3 is 14.8 Å². The Bertz CT molecular complexity index is 1040. The van der Waals surface area contributed by atoms with Gasteiger partial charge in [-0.05, 0) is 31.2 Å². The van der Waals surface area contributed by atoms with E-state index in [1.807, 2.05) is 24.3 Å². The topological polar surface area (TPSA) is 82.5 Å². The smallest absolute Gasteiger partial charge is 0.272 e. The summed E-state index contributed by atoms with van der Waals surface area (Å²) in [6.07, 6.45) is 0. The van der Waals surface area contributed by atoms with Crippen molar-refractivity contribution in [3.63, 3.8) is 0 Å². The molecule has 0 aliphatic carbocycles. The third kappa shape index (κ3) is 3.92. The molecule has 1 heterocycles. The minimum Gasteiger partial charge on any atom is -0.497 e.